The number of halogens is 1. The summed E-state index contributed by atoms with van der Waals surface area (Å²) >= 11 is 0. The number of nitrogens with zero attached hydrogens (tertiary/aromatic N) is 1. The number of nitrogens with one attached hydrogen (secondary N) is 1. The lowest BCUT2D eigenvalue weighted by Crippen LogP contribution is -2.42. The molecule has 178 valence electrons. The first-order chi connectivity index (χ1) is 16.3. The zero-order valence-electron chi connectivity index (χ0n) is 18.8. The summed E-state index contributed by atoms with van der Waals surface area (Å²) in [5.74, 6) is 0.189. The SMILES string of the molecule is COc1ccc(CNC(=O)CN2c3ccc(F)cc3-c3ccccc3S2(=O)=O)c(OC)c1OC. The lowest BCUT2D eigenvalue weighted by atomic mass is 10.0. The number of fused-ring (bicyclic) bond motifs is 3. The van der Waals surface area contributed by atoms with Gasteiger partial charge in [-0.3, -0.25) is 9.10 Å². The molecule has 3 aromatic rings. The van der Waals surface area contributed by atoms with Gasteiger partial charge in [-0.05, 0) is 36.4 Å². The van der Waals surface area contributed by atoms with Crippen LogP contribution in [0.25, 0.3) is 11.1 Å². The maximum atomic E-state index is 14.0. The smallest absolute Gasteiger partial charge is 0.265 e. The molecule has 0 bridgehead atoms. The van der Waals surface area contributed by atoms with Crippen molar-refractivity contribution >= 4 is 21.6 Å². The van der Waals surface area contributed by atoms with Crippen molar-refractivity contribution in [2.45, 2.75) is 11.4 Å². The van der Waals surface area contributed by atoms with Gasteiger partial charge < -0.3 is 19.5 Å². The predicted octanol–water partition coefficient (Wildman–Crippen LogP) is 3.34. The van der Waals surface area contributed by atoms with Crippen LogP contribution in [0.1, 0.15) is 5.56 Å². The summed E-state index contributed by atoms with van der Waals surface area (Å²) in [4.78, 5) is 12.9. The average Bonchev–Trinajstić information content (AvgIpc) is 2.84. The van der Waals surface area contributed by atoms with E-state index in [0.29, 0.717) is 33.9 Å². The van der Waals surface area contributed by atoms with E-state index in [1.54, 1.807) is 30.3 Å². The number of sulfonamides is 1. The topological polar surface area (TPSA) is 94.2 Å². The Morgan fingerprint density at radius 3 is 2.38 bits per heavy atom. The normalized spacial score (nSPS) is 13.5. The van der Waals surface area contributed by atoms with E-state index in [0.717, 1.165) is 4.31 Å². The second-order valence-electron chi connectivity index (χ2n) is 7.44. The Kier molecular flexibility index (Phi) is 6.34. The van der Waals surface area contributed by atoms with Crippen molar-refractivity contribution in [3.05, 3.63) is 66.0 Å². The van der Waals surface area contributed by atoms with E-state index < -0.39 is 28.3 Å². The van der Waals surface area contributed by atoms with Gasteiger partial charge in [0.2, 0.25) is 11.7 Å². The molecule has 4 rings (SSSR count). The van der Waals surface area contributed by atoms with Gasteiger partial charge >= 0.3 is 0 Å². The number of benzene rings is 3. The largest absolute Gasteiger partial charge is 0.493 e. The minimum Gasteiger partial charge on any atom is -0.493 e. The molecule has 3 aromatic carbocycles. The number of rotatable bonds is 7. The van der Waals surface area contributed by atoms with Crippen molar-refractivity contribution in [2.24, 2.45) is 0 Å². The van der Waals surface area contributed by atoms with Crippen LogP contribution < -0.4 is 23.8 Å². The van der Waals surface area contributed by atoms with E-state index in [4.69, 9.17) is 14.2 Å². The summed E-state index contributed by atoms with van der Waals surface area (Å²) in [5.41, 5.74) is 1.64. The molecule has 0 spiro atoms. The molecule has 0 atom stereocenters. The molecular weight excluding hydrogens is 463 g/mol. The van der Waals surface area contributed by atoms with E-state index in [1.165, 1.54) is 45.6 Å². The first-order valence-electron chi connectivity index (χ1n) is 10.3. The number of methoxy groups -OCH3 is 3. The van der Waals surface area contributed by atoms with Gasteiger partial charge in [0.15, 0.2) is 11.5 Å². The van der Waals surface area contributed by atoms with Gasteiger partial charge in [-0.25, -0.2) is 12.8 Å². The molecule has 0 fully saturated rings. The monoisotopic (exact) mass is 486 g/mol. The van der Waals surface area contributed by atoms with E-state index in [-0.39, 0.29) is 17.1 Å². The highest BCUT2D eigenvalue weighted by Gasteiger charge is 2.36. The third kappa shape index (κ3) is 4.01. The van der Waals surface area contributed by atoms with Crippen molar-refractivity contribution in [1.29, 1.82) is 0 Å². The van der Waals surface area contributed by atoms with Crippen molar-refractivity contribution in [3.8, 4) is 28.4 Å². The molecule has 0 aromatic heterocycles. The summed E-state index contributed by atoms with van der Waals surface area (Å²) < 4.78 is 57.7. The highest BCUT2D eigenvalue weighted by atomic mass is 32.2. The molecule has 8 nitrogen and oxygen atoms in total. The molecule has 10 heteroatoms. The molecule has 0 saturated heterocycles. The van der Waals surface area contributed by atoms with Crippen molar-refractivity contribution in [1.82, 2.24) is 5.32 Å². The molecule has 1 aliphatic heterocycles. The van der Waals surface area contributed by atoms with Gasteiger partial charge in [-0.15, -0.1) is 0 Å². The predicted molar refractivity (Wildman–Crippen MR) is 124 cm³/mol. The summed E-state index contributed by atoms with van der Waals surface area (Å²) in [6, 6.07) is 13.5. The van der Waals surface area contributed by atoms with Crippen LogP contribution in [0.5, 0.6) is 17.2 Å². The Balaban J connectivity index is 1.61. The van der Waals surface area contributed by atoms with Gasteiger partial charge in [-0.1, -0.05) is 18.2 Å². The van der Waals surface area contributed by atoms with Crippen LogP contribution in [0, 0.1) is 5.82 Å². The summed E-state index contributed by atoms with van der Waals surface area (Å²) in [6.45, 7) is -0.423. The van der Waals surface area contributed by atoms with Crippen molar-refractivity contribution < 1.29 is 31.8 Å². The van der Waals surface area contributed by atoms with E-state index in [2.05, 4.69) is 5.32 Å². The Morgan fingerprint density at radius 2 is 1.68 bits per heavy atom. The lowest BCUT2D eigenvalue weighted by Gasteiger charge is -2.31. The summed E-state index contributed by atoms with van der Waals surface area (Å²) in [6.07, 6.45) is 0. The fraction of sp³-hybridized carbons (Fsp3) is 0.208. The first-order valence-corrected chi connectivity index (χ1v) is 11.7. The zero-order chi connectivity index (χ0) is 24.5. The summed E-state index contributed by atoms with van der Waals surface area (Å²) in [5, 5.41) is 2.72. The molecule has 0 aliphatic carbocycles. The highest BCUT2D eigenvalue weighted by molar-refractivity contribution is 7.93. The third-order valence-electron chi connectivity index (χ3n) is 5.52. The molecule has 34 heavy (non-hydrogen) atoms. The number of amides is 1. The zero-order valence-corrected chi connectivity index (χ0v) is 19.6. The van der Waals surface area contributed by atoms with Crippen LogP contribution in [0.3, 0.4) is 0 Å². The van der Waals surface area contributed by atoms with Crippen LogP contribution in [0.15, 0.2) is 59.5 Å². The first kappa shape index (κ1) is 23.4. The minimum absolute atomic E-state index is 0.0162. The maximum absolute atomic E-state index is 14.0. The van der Waals surface area contributed by atoms with Gasteiger partial charge in [0.05, 0.1) is 31.9 Å². The van der Waals surface area contributed by atoms with E-state index in [1.807, 2.05) is 0 Å². The van der Waals surface area contributed by atoms with Gasteiger partial charge in [0.1, 0.15) is 12.4 Å². The molecular formula is C24H23FN2O6S. The molecule has 1 heterocycles. The third-order valence-corrected chi connectivity index (χ3v) is 7.34. The molecule has 0 radical (unpaired) electrons. The van der Waals surface area contributed by atoms with Gasteiger partial charge in [-0.2, -0.15) is 0 Å². The van der Waals surface area contributed by atoms with Crippen LogP contribution in [-0.4, -0.2) is 42.2 Å². The van der Waals surface area contributed by atoms with E-state index in [9.17, 15) is 17.6 Å². The number of carbonyl (C=O) groups is 1. The second-order valence-corrected chi connectivity index (χ2v) is 9.27. The van der Waals surface area contributed by atoms with Crippen molar-refractivity contribution in [2.75, 3.05) is 32.2 Å². The number of anilines is 1. The number of carbonyl (C=O) groups excluding carboxylic acids is 1. The molecule has 1 amide bonds. The highest BCUT2D eigenvalue weighted by Crippen LogP contribution is 2.43. The number of ether oxygens (including phenoxy) is 3. The molecule has 1 aliphatic rings. The maximum Gasteiger partial charge on any atom is 0.265 e. The fourth-order valence-electron chi connectivity index (χ4n) is 3.96. The van der Waals surface area contributed by atoms with Gasteiger partial charge in [0, 0.05) is 23.2 Å². The quantitative estimate of drug-likeness (QED) is 0.551. The lowest BCUT2D eigenvalue weighted by molar-refractivity contribution is -0.119. The molecule has 0 saturated carbocycles. The summed E-state index contributed by atoms with van der Waals surface area (Å²) in [7, 11) is 0.412. The Bertz CT molecular complexity index is 1360. The average molecular weight is 487 g/mol. The van der Waals surface area contributed by atoms with Crippen molar-refractivity contribution in [3.63, 3.8) is 0 Å². The molecule has 1 N–H and O–H groups in total. The Morgan fingerprint density at radius 1 is 0.941 bits per heavy atom. The van der Waals surface area contributed by atoms with E-state index >= 15 is 0 Å². The standard InChI is InChI=1S/C24H23FN2O6S/c1-31-20-11-8-15(23(32-2)24(20)33-3)13-26-22(28)14-27-19-10-9-16(25)12-18(19)17-6-4-5-7-21(17)34(27,29)30/h4-12H,13-14H2,1-3H3,(H,26,28). The Labute approximate surface area is 196 Å². The van der Waals surface area contributed by atoms with Crippen LogP contribution in [0.2, 0.25) is 0 Å². The fourth-order valence-corrected chi connectivity index (χ4v) is 5.61. The van der Waals surface area contributed by atoms with Crippen LogP contribution >= 0.6 is 0 Å². The second kappa shape index (κ2) is 9.22. The van der Waals surface area contributed by atoms with Crippen LogP contribution in [0.4, 0.5) is 10.1 Å². The van der Waals surface area contributed by atoms with Gasteiger partial charge in [0.25, 0.3) is 10.0 Å². The number of hydrogen-bond acceptors (Lipinski definition) is 6. The minimum atomic E-state index is -4.03. The Hall–Kier alpha value is -3.79. The van der Waals surface area contributed by atoms with Crippen LogP contribution in [-0.2, 0) is 21.4 Å². The number of hydrogen-bond donors (Lipinski definition) is 1. The molecule has 0 unspecified atom stereocenters.